The Morgan fingerprint density at radius 2 is 2.31 bits per heavy atom. The second kappa shape index (κ2) is 6.86. The second-order valence-electron chi connectivity index (χ2n) is 4.70. The molecule has 94 valence electrons. The highest BCUT2D eigenvalue weighted by Gasteiger charge is 2.27. The minimum absolute atomic E-state index is 0.252. The van der Waals surface area contributed by atoms with Gasteiger partial charge in [0.15, 0.2) is 0 Å². The molecule has 1 aliphatic heterocycles. The number of piperidine rings is 1. The maximum atomic E-state index is 11.9. The van der Waals surface area contributed by atoms with Crippen molar-refractivity contribution in [2.24, 2.45) is 17.6 Å². The summed E-state index contributed by atoms with van der Waals surface area (Å²) in [6.45, 7) is 5.30. The van der Waals surface area contributed by atoms with E-state index in [1.807, 2.05) is 4.90 Å². The number of carbonyl (C=O) groups is 1. The van der Waals surface area contributed by atoms with Gasteiger partial charge in [-0.15, -0.1) is 0 Å². The molecular weight excluding hydrogens is 204 g/mol. The summed E-state index contributed by atoms with van der Waals surface area (Å²) in [6, 6.07) is 0. The first-order chi connectivity index (χ1) is 7.69. The van der Waals surface area contributed by atoms with Crippen molar-refractivity contribution in [1.29, 1.82) is 0 Å². The van der Waals surface area contributed by atoms with Crippen molar-refractivity contribution in [3.63, 3.8) is 0 Å². The molecule has 1 heterocycles. The molecule has 2 unspecified atom stereocenters. The third-order valence-electron chi connectivity index (χ3n) is 3.51. The van der Waals surface area contributed by atoms with Crippen LogP contribution in [0.3, 0.4) is 0 Å². The van der Waals surface area contributed by atoms with Gasteiger partial charge in [-0.05, 0) is 31.2 Å². The van der Waals surface area contributed by atoms with Crippen LogP contribution in [0.2, 0.25) is 0 Å². The lowest BCUT2D eigenvalue weighted by Gasteiger charge is -2.36. The molecule has 0 aromatic heterocycles. The second-order valence-corrected chi connectivity index (χ2v) is 4.70. The quantitative estimate of drug-likeness (QED) is 0.710. The van der Waals surface area contributed by atoms with Gasteiger partial charge in [0, 0.05) is 33.2 Å². The number of hydrogen-bond donors (Lipinski definition) is 1. The third-order valence-corrected chi connectivity index (χ3v) is 3.51. The lowest BCUT2D eigenvalue weighted by molar-refractivity contribution is -0.133. The van der Waals surface area contributed by atoms with Gasteiger partial charge in [0.25, 0.3) is 0 Å². The summed E-state index contributed by atoms with van der Waals surface area (Å²) in [4.78, 5) is 13.8. The molecule has 0 aliphatic carbocycles. The lowest BCUT2D eigenvalue weighted by atomic mass is 9.87. The highest BCUT2D eigenvalue weighted by molar-refractivity contribution is 5.76. The van der Waals surface area contributed by atoms with Gasteiger partial charge in [-0.1, -0.05) is 6.92 Å². The Bertz CT molecular complexity index is 221. The minimum atomic E-state index is 0.252. The Morgan fingerprint density at radius 3 is 2.94 bits per heavy atom. The molecule has 0 spiro atoms. The van der Waals surface area contributed by atoms with E-state index in [1.165, 1.54) is 0 Å². The van der Waals surface area contributed by atoms with Gasteiger partial charge >= 0.3 is 0 Å². The summed E-state index contributed by atoms with van der Waals surface area (Å²) in [7, 11) is 1.66. The van der Waals surface area contributed by atoms with Gasteiger partial charge in [0.2, 0.25) is 5.91 Å². The molecule has 4 heteroatoms. The summed E-state index contributed by atoms with van der Waals surface area (Å²) >= 11 is 0. The Hall–Kier alpha value is -0.610. The Morgan fingerprint density at radius 1 is 1.56 bits per heavy atom. The van der Waals surface area contributed by atoms with Crippen LogP contribution < -0.4 is 5.73 Å². The zero-order chi connectivity index (χ0) is 12.0. The van der Waals surface area contributed by atoms with E-state index < -0.39 is 0 Å². The van der Waals surface area contributed by atoms with E-state index in [0.717, 1.165) is 25.9 Å². The van der Waals surface area contributed by atoms with Crippen molar-refractivity contribution in [3.05, 3.63) is 0 Å². The fourth-order valence-electron chi connectivity index (χ4n) is 2.21. The minimum Gasteiger partial charge on any atom is -0.385 e. The largest absolute Gasteiger partial charge is 0.385 e. The summed E-state index contributed by atoms with van der Waals surface area (Å²) in [5, 5.41) is 0. The van der Waals surface area contributed by atoms with Crippen molar-refractivity contribution >= 4 is 5.91 Å². The predicted molar refractivity (Wildman–Crippen MR) is 64.0 cm³/mol. The maximum Gasteiger partial charge on any atom is 0.222 e. The molecule has 16 heavy (non-hydrogen) atoms. The van der Waals surface area contributed by atoms with Crippen molar-refractivity contribution in [2.75, 3.05) is 33.4 Å². The zero-order valence-electron chi connectivity index (χ0n) is 10.4. The van der Waals surface area contributed by atoms with Crippen LogP contribution in [0.1, 0.15) is 26.2 Å². The highest BCUT2D eigenvalue weighted by Crippen LogP contribution is 2.22. The van der Waals surface area contributed by atoms with Crippen LogP contribution in [0.5, 0.6) is 0 Å². The van der Waals surface area contributed by atoms with E-state index in [1.54, 1.807) is 7.11 Å². The first kappa shape index (κ1) is 13.5. The van der Waals surface area contributed by atoms with Crippen molar-refractivity contribution in [1.82, 2.24) is 4.90 Å². The summed E-state index contributed by atoms with van der Waals surface area (Å²) in [5.41, 5.74) is 5.72. The van der Waals surface area contributed by atoms with Crippen LogP contribution in [-0.2, 0) is 9.53 Å². The van der Waals surface area contributed by atoms with Crippen LogP contribution in [0.15, 0.2) is 0 Å². The van der Waals surface area contributed by atoms with Crippen LogP contribution in [0, 0.1) is 11.8 Å². The molecule has 0 aromatic carbocycles. The number of nitrogens with two attached hydrogens (primary N) is 1. The molecule has 1 fully saturated rings. The van der Waals surface area contributed by atoms with E-state index >= 15 is 0 Å². The molecule has 1 aliphatic rings. The van der Waals surface area contributed by atoms with E-state index in [0.29, 0.717) is 31.4 Å². The molecule has 0 radical (unpaired) electrons. The van der Waals surface area contributed by atoms with E-state index in [-0.39, 0.29) is 5.91 Å². The van der Waals surface area contributed by atoms with Gasteiger partial charge in [-0.25, -0.2) is 0 Å². The average molecular weight is 228 g/mol. The zero-order valence-corrected chi connectivity index (χ0v) is 10.4. The number of hydrogen-bond acceptors (Lipinski definition) is 3. The molecule has 1 rings (SSSR count). The van der Waals surface area contributed by atoms with Gasteiger partial charge in [-0.2, -0.15) is 0 Å². The first-order valence-corrected chi connectivity index (χ1v) is 6.15. The molecule has 2 N–H and O–H groups in total. The van der Waals surface area contributed by atoms with E-state index in [9.17, 15) is 4.79 Å². The molecule has 1 saturated heterocycles. The van der Waals surface area contributed by atoms with Crippen LogP contribution in [0.4, 0.5) is 0 Å². The number of likely N-dealkylation sites (tertiary alicyclic amines) is 1. The number of rotatable bonds is 5. The molecule has 0 aromatic rings. The van der Waals surface area contributed by atoms with Crippen LogP contribution in [0.25, 0.3) is 0 Å². The molecule has 0 bridgehead atoms. The van der Waals surface area contributed by atoms with E-state index in [2.05, 4.69) is 6.92 Å². The van der Waals surface area contributed by atoms with Gasteiger partial charge in [-0.3, -0.25) is 4.79 Å². The van der Waals surface area contributed by atoms with Crippen molar-refractivity contribution in [3.8, 4) is 0 Å². The Labute approximate surface area is 98.1 Å². The maximum absolute atomic E-state index is 11.9. The standard InChI is InChI=1S/C12H24N2O2/c1-10-5-6-14(9-11(10)8-13)12(15)4-3-7-16-2/h10-11H,3-9,13H2,1-2H3. The van der Waals surface area contributed by atoms with Gasteiger partial charge in [0.1, 0.15) is 0 Å². The topological polar surface area (TPSA) is 55.6 Å². The van der Waals surface area contributed by atoms with Gasteiger partial charge in [0.05, 0.1) is 0 Å². The normalized spacial score (nSPS) is 25.8. The Kier molecular flexibility index (Phi) is 5.77. The van der Waals surface area contributed by atoms with Crippen molar-refractivity contribution in [2.45, 2.75) is 26.2 Å². The number of amides is 1. The predicted octanol–water partition coefficient (Wildman–Crippen LogP) is 0.856. The summed E-state index contributed by atoms with van der Waals surface area (Å²) in [6.07, 6.45) is 2.49. The van der Waals surface area contributed by atoms with Gasteiger partial charge < -0.3 is 15.4 Å². The molecule has 0 saturated carbocycles. The monoisotopic (exact) mass is 228 g/mol. The number of ether oxygens (including phenoxy) is 1. The third kappa shape index (κ3) is 3.76. The first-order valence-electron chi connectivity index (χ1n) is 6.15. The van der Waals surface area contributed by atoms with Crippen LogP contribution >= 0.6 is 0 Å². The highest BCUT2D eigenvalue weighted by atomic mass is 16.5. The summed E-state index contributed by atoms with van der Waals surface area (Å²) in [5.74, 6) is 1.37. The fourth-order valence-corrected chi connectivity index (χ4v) is 2.21. The molecule has 1 amide bonds. The average Bonchev–Trinajstić information content (AvgIpc) is 2.30. The molecular formula is C12H24N2O2. The smallest absolute Gasteiger partial charge is 0.222 e. The molecule has 4 nitrogen and oxygen atoms in total. The van der Waals surface area contributed by atoms with E-state index in [4.69, 9.17) is 10.5 Å². The SMILES string of the molecule is COCCCC(=O)N1CCC(C)C(CN)C1. The lowest BCUT2D eigenvalue weighted by Crippen LogP contribution is -2.45. The summed E-state index contributed by atoms with van der Waals surface area (Å²) < 4.78 is 4.95. The van der Waals surface area contributed by atoms with Crippen molar-refractivity contribution < 1.29 is 9.53 Å². The number of nitrogens with zero attached hydrogens (tertiary/aromatic N) is 1. The Balaban J connectivity index is 2.33. The fraction of sp³-hybridized carbons (Fsp3) is 0.917. The number of carbonyl (C=O) groups excluding carboxylic acids is 1. The number of methoxy groups -OCH3 is 1. The molecule has 2 atom stereocenters. The van der Waals surface area contributed by atoms with Crippen LogP contribution in [-0.4, -0.2) is 44.2 Å².